The summed E-state index contributed by atoms with van der Waals surface area (Å²) in [5.41, 5.74) is 6.75. The molecule has 0 saturated heterocycles. The van der Waals surface area contributed by atoms with Crippen LogP contribution in [0.1, 0.15) is 5.56 Å². The summed E-state index contributed by atoms with van der Waals surface area (Å²) in [4.78, 5) is 15.4. The van der Waals surface area contributed by atoms with Crippen LogP contribution >= 0.6 is 11.8 Å². The summed E-state index contributed by atoms with van der Waals surface area (Å²) in [7, 11) is -3.90. The highest BCUT2D eigenvalue weighted by Crippen LogP contribution is 2.34. The monoisotopic (exact) mass is 388 g/mol. The summed E-state index contributed by atoms with van der Waals surface area (Å²) < 4.78 is 31.7. The Labute approximate surface area is 155 Å². The Morgan fingerprint density at radius 1 is 1.12 bits per heavy atom. The smallest absolute Gasteiger partial charge is 0.228 e. The van der Waals surface area contributed by atoms with Crippen molar-refractivity contribution in [3.8, 4) is 11.5 Å². The third-order valence-corrected chi connectivity index (χ3v) is 6.29. The fourth-order valence-corrected chi connectivity index (χ4v) is 4.49. The van der Waals surface area contributed by atoms with E-state index in [1.54, 1.807) is 36.4 Å². The third kappa shape index (κ3) is 3.81. The van der Waals surface area contributed by atoms with E-state index >= 15 is 0 Å². The molecule has 0 radical (unpaired) electrons. The molecule has 0 atom stereocenters. The maximum Gasteiger partial charge on any atom is 0.228 e. The Bertz CT molecular complexity index is 1030. The van der Waals surface area contributed by atoms with Crippen molar-refractivity contribution in [2.24, 2.45) is 5.73 Å². The molecule has 0 aliphatic rings. The van der Waals surface area contributed by atoms with E-state index in [0.29, 0.717) is 5.56 Å². The fraction of sp³-hybridized carbons (Fsp3) is 0.111. The van der Waals surface area contributed by atoms with Gasteiger partial charge < -0.3 is 10.2 Å². The number of amides is 1. The van der Waals surface area contributed by atoms with Crippen LogP contribution in [0.5, 0.6) is 0 Å². The number of aromatic nitrogens is 1. The highest BCUT2D eigenvalue weighted by Gasteiger charge is 2.28. The molecule has 6 nitrogen and oxygen atoms in total. The van der Waals surface area contributed by atoms with Crippen LogP contribution in [0, 0.1) is 6.92 Å². The van der Waals surface area contributed by atoms with E-state index in [1.165, 1.54) is 12.1 Å². The number of hydrogen-bond acceptors (Lipinski definition) is 6. The number of primary amides is 1. The molecule has 1 aromatic heterocycles. The molecule has 0 aliphatic heterocycles. The van der Waals surface area contributed by atoms with Gasteiger partial charge in [-0.2, -0.15) is 4.98 Å². The molecule has 26 heavy (non-hydrogen) atoms. The van der Waals surface area contributed by atoms with Crippen LogP contribution in [0.4, 0.5) is 0 Å². The lowest BCUT2D eigenvalue weighted by atomic mass is 10.2. The zero-order chi connectivity index (χ0) is 18.7. The maximum absolute atomic E-state index is 13.0. The molecule has 0 fully saturated rings. The van der Waals surface area contributed by atoms with Gasteiger partial charge in [0.05, 0.1) is 10.6 Å². The van der Waals surface area contributed by atoms with Crippen molar-refractivity contribution >= 4 is 27.5 Å². The lowest BCUT2D eigenvalue weighted by Gasteiger charge is -2.03. The van der Waals surface area contributed by atoms with Crippen LogP contribution in [0.2, 0.25) is 0 Å². The standard InChI is InChI=1S/C18H16N2O4S2/c1-12-7-9-14(10-8-12)26(22,23)17-18(25-11-15(19)21)24-16(20-17)13-5-3-2-4-6-13/h2-10H,11H2,1H3,(H2,19,21). The number of hydrogen-bond donors (Lipinski definition) is 1. The van der Waals surface area contributed by atoms with Gasteiger partial charge >= 0.3 is 0 Å². The molecule has 0 bridgehead atoms. The largest absolute Gasteiger partial charge is 0.428 e. The normalized spacial score (nSPS) is 11.4. The van der Waals surface area contributed by atoms with E-state index in [2.05, 4.69) is 4.98 Å². The van der Waals surface area contributed by atoms with Gasteiger partial charge in [0.2, 0.25) is 31.8 Å². The number of rotatable bonds is 6. The van der Waals surface area contributed by atoms with Crippen LogP contribution < -0.4 is 5.73 Å². The number of carbonyl (C=O) groups is 1. The highest BCUT2D eigenvalue weighted by molar-refractivity contribution is 8.00. The summed E-state index contributed by atoms with van der Waals surface area (Å²) in [5.74, 6) is -0.519. The summed E-state index contributed by atoms with van der Waals surface area (Å²) in [6.07, 6.45) is 0. The molecule has 0 saturated carbocycles. The number of oxazole rings is 1. The Kier molecular flexibility index (Phi) is 5.15. The number of thioether (sulfide) groups is 1. The van der Waals surface area contributed by atoms with Gasteiger partial charge in [0.1, 0.15) is 0 Å². The van der Waals surface area contributed by atoms with Gasteiger partial charge in [0, 0.05) is 5.56 Å². The minimum atomic E-state index is -3.90. The van der Waals surface area contributed by atoms with E-state index in [-0.39, 0.29) is 26.7 Å². The summed E-state index contributed by atoms with van der Waals surface area (Å²) in [5, 5.41) is -0.172. The topological polar surface area (TPSA) is 103 Å². The zero-order valence-electron chi connectivity index (χ0n) is 13.9. The van der Waals surface area contributed by atoms with Crippen molar-refractivity contribution in [2.45, 2.75) is 21.9 Å². The van der Waals surface area contributed by atoms with Crippen molar-refractivity contribution in [1.82, 2.24) is 4.98 Å². The molecule has 1 heterocycles. The molecular weight excluding hydrogens is 372 g/mol. The molecule has 0 aliphatic carbocycles. The number of nitrogens with two attached hydrogens (primary N) is 1. The Balaban J connectivity index is 2.10. The molecule has 3 rings (SSSR count). The van der Waals surface area contributed by atoms with Crippen molar-refractivity contribution < 1.29 is 17.6 Å². The van der Waals surface area contributed by atoms with Crippen LogP contribution in [-0.2, 0) is 14.6 Å². The van der Waals surface area contributed by atoms with E-state index in [4.69, 9.17) is 10.2 Å². The minimum Gasteiger partial charge on any atom is -0.428 e. The van der Waals surface area contributed by atoms with Crippen LogP contribution in [0.25, 0.3) is 11.5 Å². The average molecular weight is 388 g/mol. The van der Waals surface area contributed by atoms with Crippen molar-refractivity contribution in [3.63, 3.8) is 0 Å². The maximum atomic E-state index is 13.0. The van der Waals surface area contributed by atoms with E-state index in [0.717, 1.165) is 17.3 Å². The van der Waals surface area contributed by atoms with Gasteiger partial charge in [0.15, 0.2) is 0 Å². The van der Waals surface area contributed by atoms with Gasteiger partial charge in [-0.3, -0.25) is 4.79 Å². The second-order valence-corrected chi connectivity index (χ2v) is 8.36. The number of sulfone groups is 1. The van der Waals surface area contributed by atoms with Crippen molar-refractivity contribution in [2.75, 3.05) is 5.75 Å². The van der Waals surface area contributed by atoms with Gasteiger partial charge in [0.25, 0.3) is 0 Å². The van der Waals surface area contributed by atoms with Gasteiger partial charge in [-0.15, -0.1) is 0 Å². The summed E-state index contributed by atoms with van der Waals surface area (Å²) in [6, 6.07) is 15.4. The predicted octanol–water partition coefficient (Wildman–Crippen LogP) is 3.06. The molecule has 2 aromatic carbocycles. The molecule has 0 spiro atoms. The molecule has 134 valence electrons. The van der Waals surface area contributed by atoms with Gasteiger partial charge in [-0.25, -0.2) is 8.42 Å². The molecule has 2 N–H and O–H groups in total. The molecule has 3 aromatic rings. The first-order valence-corrected chi connectivity index (χ1v) is 10.1. The Morgan fingerprint density at radius 2 is 1.77 bits per heavy atom. The summed E-state index contributed by atoms with van der Waals surface area (Å²) in [6.45, 7) is 1.87. The first-order valence-electron chi connectivity index (χ1n) is 7.67. The molecule has 0 unspecified atom stereocenters. The zero-order valence-corrected chi connectivity index (χ0v) is 15.5. The van der Waals surface area contributed by atoms with Gasteiger partial charge in [-0.05, 0) is 31.2 Å². The lowest BCUT2D eigenvalue weighted by Crippen LogP contribution is -2.13. The van der Waals surface area contributed by atoms with E-state index < -0.39 is 15.7 Å². The average Bonchev–Trinajstić information content (AvgIpc) is 3.06. The quantitative estimate of drug-likeness (QED) is 0.651. The first-order chi connectivity index (χ1) is 12.4. The van der Waals surface area contributed by atoms with Crippen LogP contribution in [0.3, 0.4) is 0 Å². The first kappa shape index (κ1) is 18.2. The minimum absolute atomic E-state index is 0.0447. The third-order valence-electron chi connectivity index (χ3n) is 3.52. The van der Waals surface area contributed by atoms with Crippen molar-refractivity contribution in [3.05, 3.63) is 60.2 Å². The van der Waals surface area contributed by atoms with E-state index in [1.807, 2.05) is 13.0 Å². The molecular formula is C18H16N2O4S2. The summed E-state index contributed by atoms with van der Waals surface area (Å²) >= 11 is 0.912. The Morgan fingerprint density at radius 3 is 2.38 bits per heavy atom. The number of aryl methyl sites for hydroxylation is 1. The van der Waals surface area contributed by atoms with Crippen LogP contribution in [-0.4, -0.2) is 25.1 Å². The second-order valence-electron chi connectivity index (χ2n) is 5.55. The van der Waals surface area contributed by atoms with Crippen LogP contribution in [0.15, 0.2) is 74.0 Å². The number of carbonyl (C=O) groups excluding carboxylic acids is 1. The highest BCUT2D eigenvalue weighted by atomic mass is 32.2. The lowest BCUT2D eigenvalue weighted by molar-refractivity contribution is -0.115. The SMILES string of the molecule is Cc1ccc(S(=O)(=O)c2nc(-c3ccccc3)oc2SCC(N)=O)cc1. The Hall–Kier alpha value is -2.58. The second kappa shape index (κ2) is 7.35. The number of benzene rings is 2. The van der Waals surface area contributed by atoms with E-state index in [9.17, 15) is 13.2 Å². The molecule has 1 amide bonds. The fourth-order valence-electron chi connectivity index (χ4n) is 2.22. The van der Waals surface area contributed by atoms with Crippen molar-refractivity contribution in [1.29, 1.82) is 0 Å². The predicted molar refractivity (Wildman–Crippen MR) is 98.5 cm³/mol. The molecule has 8 heteroatoms. The van der Waals surface area contributed by atoms with Gasteiger partial charge in [-0.1, -0.05) is 47.7 Å². The number of nitrogens with zero attached hydrogens (tertiary/aromatic N) is 1.